The first-order chi connectivity index (χ1) is 10.8. The predicted molar refractivity (Wildman–Crippen MR) is 75.9 cm³/mol. The Bertz CT molecular complexity index is 841. The maximum atomic E-state index is 14.2. The van der Waals surface area contributed by atoms with Crippen molar-refractivity contribution < 1.29 is 27.8 Å². The van der Waals surface area contributed by atoms with E-state index in [1.807, 2.05) is 12.2 Å². The van der Waals surface area contributed by atoms with Gasteiger partial charge in [0.25, 0.3) is 0 Å². The number of hydrogen-bond donors (Lipinski definition) is 2. The molecule has 2 N–H and O–H groups in total. The van der Waals surface area contributed by atoms with Crippen LogP contribution >= 0.6 is 15.9 Å². The summed E-state index contributed by atoms with van der Waals surface area (Å²) in [6, 6.07) is 0. The van der Waals surface area contributed by atoms with Crippen LogP contribution in [-0.4, -0.2) is 14.8 Å². The van der Waals surface area contributed by atoms with Gasteiger partial charge in [-0.05, 0) is 22.4 Å². The van der Waals surface area contributed by atoms with E-state index in [9.17, 15) is 27.8 Å². The van der Waals surface area contributed by atoms with Gasteiger partial charge in [-0.3, -0.25) is 0 Å². The summed E-state index contributed by atoms with van der Waals surface area (Å²) in [4.78, 5) is 0. The van der Waals surface area contributed by atoms with E-state index in [2.05, 4.69) is 15.9 Å². The van der Waals surface area contributed by atoms with Crippen LogP contribution in [0, 0.1) is 23.3 Å². The molecule has 2 aliphatic carbocycles. The molecule has 0 saturated carbocycles. The van der Waals surface area contributed by atoms with Crippen LogP contribution in [0.1, 0.15) is 29.4 Å². The Morgan fingerprint density at radius 3 is 1.74 bits per heavy atom. The smallest absolute Gasteiger partial charge is 0.203 e. The SMILES string of the molecule is Oc1c2c(c(O)n1-c1c(F)c(F)c(Br)c(F)c1F)[C@H]1C=C[C@@H]2C1. The van der Waals surface area contributed by atoms with Gasteiger partial charge in [0.15, 0.2) is 23.3 Å². The predicted octanol–water partition coefficient (Wildman–Crippen LogP) is 4.35. The quantitative estimate of drug-likeness (QED) is 0.329. The largest absolute Gasteiger partial charge is 0.494 e. The summed E-state index contributed by atoms with van der Waals surface area (Å²) < 4.78 is 55.2. The molecule has 2 aromatic rings. The molecule has 2 bridgehead atoms. The Balaban J connectivity index is 2.06. The van der Waals surface area contributed by atoms with Crippen molar-refractivity contribution in [1.82, 2.24) is 4.57 Å². The Morgan fingerprint density at radius 1 is 0.870 bits per heavy atom. The molecule has 0 saturated heterocycles. The summed E-state index contributed by atoms with van der Waals surface area (Å²) >= 11 is 2.42. The number of aromatic hydroxyl groups is 2. The molecule has 8 heteroatoms. The Hall–Kier alpha value is -1.96. The Kier molecular flexibility index (Phi) is 2.88. The van der Waals surface area contributed by atoms with E-state index in [0.717, 1.165) is 0 Å². The number of benzene rings is 1. The van der Waals surface area contributed by atoms with Gasteiger partial charge < -0.3 is 10.2 Å². The standard InChI is InChI=1S/C15H8BrF4NO2/c16-8-9(17)11(19)13(12(20)10(8)18)21-14(22)6-4-1-2-5(3-4)7(6)15(21)23/h1-2,4-5,22-23H,3H2/t4-,5+. The van der Waals surface area contributed by atoms with Gasteiger partial charge in [0.2, 0.25) is 11.8 Å². The van der Waals surface area contributed by atoms with Crippen molar-refractivity contribution >= 4 is 15.9 Å². The number of halogens is 5. The fourth-order valence-corrected chi connectivity index (χ4v) is 3.79. The lowest BCUT2D eigenvalue weighted by Crippen LogP contribution is -2.08. The lowest BCUT2D eigenvalue weighted by atomic mass is 10.0. The highest BCUT2D eigenvalue weighted by Crippen LogP contribution is 2.57. The van der Waals surface area contributed by atoms with Gasteiger partial charge >= 0.3 is 0 Å². The summed E-state index contributed by atoms with van der Waals surface area (Å²) in [6.45, 7) is 0. The van der Waals surface area contributed by atoms with Crippen LogP contribution in [0.3, 0.4) is 0 Å². The number of aromatic nitrogens is 1. The molecule has 23 heavy (non-hydrogen) atoms. The van der Waals surface area contributed by atoms with Crippen molar-refractivity contribution in [3.05, 3.63) is 51.0 Å². The van der Waals surface area contributed by atoms with Gasteiger partial charge in [0.05, 0.1) is 4.47 Å². The average Bonchev–Trinajstić information content (AvgIpc) is 3.20. The van der Waals surface area contributed by atoms with Crippen molar-refractivity contribution in [2.45, 2.75) is 18.3 Å². The van der Waals surface area contributed by atoms with Crippen LogP contribution in [0.25, 0.3) is 5.69 Å². The van der Waals surface area contributed by atoms with Crippen LogP contribution in [0.15, 0.2) is 16.6 Å². The Labute approximate surface area is 135 Å². The minimum absolute atomic E-state index is 0.196. The summed E-state index contributed by atoms with van der Waals surface area (Å²) in [7, 11) is 0. The molecule has 3 nitrogen and oxygen atoms in total. The van der Waals surface area contributed by atoms with E-state index in [4.69, 9.17) is 0 Å². The van der Waals surface area contributed by atoms with Gasteiger partial charge in [0, 0.05) is 23.0 Å². The van der Waals surface area contributed by atoms with E-state index < -0.39 is 45.2 Å². The molecular formula is C15H8BrF4NO2. The maximum absolute atomic E-state index is 14.2. The van der Waals surface area contributed by atoms with E-state index in [1.165, 1.54) is 0 Å². The average molecular weight is 390 g/mol. The van der Waals surface area contributed by atoms with Crippen molar-refractivity contribution in [3.63, 3.8) is 0 Å². The second kappa shape index (κ2) is 4.53. The van der Waals surface area contributed by atoms with E-state index in [1.54, 1.807) is 0 Å². The fourth-order valence-electron chi connectivity index (χ4n) is 3.44. The van der Waals surface area contributed by atoms with Crippen molar-refractivity contribution in [1.29, 1.82) is 0 Å². The monoisotopic (exact) mass is 389 g/mol. The third kappa shape index (κ3) is 1.64. The molecule has 0 spiro atoms. The molecule has 0 unspecified atom stereocenters. The molecule has 0 fully saturated rings. The first-order valence-corrected chi connectivity index (χ1v) is 7.50. The minimum atomic E-state index is -1.71. The third-order valence-electron chi connectivity index (χ3n) is 4.43. The van der Waals surface area contributed by atoms with E-state index in [0.29, 0.717) is 22.1 Å². The molecule has 4 rings (SSSR count). The molecule has 2 atom stereocenters. The van der Waals surface area contributed by atoms with Gasteiger partial charge in [-0.15, -0.1) is 0 Å². The molecule has 1 aromatic heterocycles. The highest BCUT2D eigenvalue weighted by molar-refractivity contribution is 9.10. The molecular weight excluding hydrogens is 382 g/mol. The second-order valence-corrected chi connectivity index (χ2v) is 6.36. The summed E-state index contributed by atoms with van der Waals surface area (Å²) in [5, 5.41) is 20.6. The highest BCUT2D eigenvalue weighted by Gasteiger charge is 2.42. The summed E-state index contributed by atoms with van der Waals surface area (Å²) in [5.74, 6) is -8.34. The van der Waals surface area contributed by atoms with Crippen LogP contribution in [-0.2, 0) is 0 Å². The molecule has 1 aromatic carbocycles. The molecule has 0 amide bonds. The van der Waals surface area contributed by atoms with Crippen LogP contribution in [0.2, 0.25) is 0 Å². The van der Waals surface area contributed by atoms with Gasteiger partial charge in [-0.1, -0.05) is 12.2 Å². The topological polar surface area (TPSA) is 45.4 Å². The van der Waals surface area contributed by atoms with Gasteiger partial charge in [0.1, 0.15) is 5.69 Å². The third-order valence-corrected chi connectivity index (χ3v) is 5.13. The second-order valence-electron chi connectivity index (χ2n) is 5.56. The van der Waals surface area contributed by atoms with Crippen molar-refractivity contribution in [3.8, 4) is 17.4 Å². The molecule has 1 heterocycles. The molecule has 120 valence electrons. The number of nitrogens with zero attached hydrogens (tertiary/aromatic N) is 1. The van der Waals surface area contributed by atoms with Crippen molar-refractivity contribution in [2.75, 3.05) is 0 Å². The lowest BCUT2D eigenvalue weighted by Gasteiger charge is -2.13. The first-order valence-electron chi connectivity index (χ1n) is 6.71. The van der Waals surface area contributed by atoms with Crippen LogP contribution in [0.4, 0.5) is 17.6 Å². The summed E-state index contributed by atoms with van der Waals surface area (Å²) in [5.41, 5.74) is -0.526. The maximum Gasteiger partial charge on any atom is 0.203 e. The zero-order valence-corrected chi connectivity index (χ0v) is 12.8. The summed E-state index contributed by atoms with van der Waals surface area (Å²) in [6.07, 6.45) is 4.26. The van der Waals surface area contributed by atoms with Gasteiger partial charge in [-0.25, -0.2) is 22.1 Å². The number of hydrogen-bond acceptors (Lipinski definition) is 2. The van der Waals surface area contributed by atoms with E-state index >= 15 is 0 Å². The Morgan fingerprint density at radius 2 is 1.30 bits per heavy atom. The normalized spacial score (nSPS) is 21.3. The molecule has 2 aliphatic rings. The fraction of sp³-hybridized carbons (Fsp3) is 0.200. The lowest BCUT2D eigenvalue weighted by molar-refractivity contribution is 0.378. The van der Waals surface area contributed by atoms with E-state index in [-0.39, 0.29) is 11.8 Å². The number of rotatable bonds is 1. The zero-order valence-electron chi connectivity index (χ0n) is 11.2. The molecule has 0 radical (unpaired) electrons. The zero-order chi connectivity index (χ0) is 16.6. The van der Waals surface area contributed by atoms with Crippen molar-refractivity contribution in [2.24, 2.45) is 0 Å². The van der Waals surface area contributed by atoms with Gasteiger partial charge in [-0.2, -0.15) is 0 Å². The van der Waals surface area contributed by atoms with Crippen LogP contribution < -0.4 is 0 Å². The first kappa shape index (κ1) is 14.6. The number of fused-ring (bicyclic) bond motifs is 5. The van der Waals surface area contributed by atoms with Crippen LogP contribution in [0.5, 0.6) is 11.8 Å². The molecule has 0 aliphatic heterocycles. The highest BCUT2D eigenvalue weighted by atomic mass is 79.9. The number of allylic oxidation sites excluding steroid dienone is 2. The minimum Gasteiger partial charge on any atom is -0.494 e.